The number of amides is 2. The molecule has 0 aromatic heterocycles. The van der Waals surface area contributed by atoms with Crippen molar-refractivity contribution in [1.82, 2.24) is 10.6 Å². The lowest BCUT2D eigenvalue weighted by Crippen LogP contribution is -2.45. The Morgan fingerprint density at radius 3 is 2.60 bits per heavy atom. The number of urea groups is 1. The molecule has 6 heteroatoms. The van der Waals surface area contributed by atoms with E-state index in [1.807, 2.05) is 12.1 Å². The second kappa shape index (κ2) is 6.61. The molecule has 2 unspecified atom stereocenters. The van der Waals surface area contributed by atoms with Crippen LogP contribution in [0, 0.1) is 5.92 Å². The van der Waals surface area contributed by atoms with E-state index >= 15 is 0 Å². The van der Waals surface area contributed by atoms with Gasteiger partial charge in [-0.1, -0.05) is 30.2 Å². The highest BCUT2D eigenvalue weighted by Gasteiger charge is 2.33. The number of nitrogens with one attached hydrogen (secondary N) is 2. The average Bonchev–Trinajstić information content (AvgIpc) is 2.86. The molecule has 0 bridgehead atoms. The SMILES string of the molecule is O=C(NCc1ccc(Cl)cc1)NC1CCCC1C(=O)O. The van der Waals surface area contributed by atoms with Gasteiger partial charge in [0.2, 0.25) is 0 Å². The van der Waals surface area contributed by atoms with Crippen molar-refractivity contribution in [3.63, 3.8) is 0 Å². The van der Waals surface area contributed by atoms with Crippen LogP contribution in [0.1, 0.15) is 24.8 Å². The average molecular weight is 297 g/mol. The Morgan fingerprint density at radius 2 is 1.95 bits per heavy atom. The Morgan fingerprint density at radius 1 is 1.25 bits per heavy atom. The Labute approximate surface area is 122 Å². The van der Waals surface area contributed by atoms with Crippen molar-refractivity contribution in [2.75, 3.05) is 0 Å². The molecule has 1 aliphatic rings. The third-order valence-electron chi connectivity index (χ3n) is 3.52. The van der Waals surface area contributed by atoms with E-state index in [0.29, 0.717) is 24.4 Å². The van der Waals surface area contributed by atoms with Crippen LogP contribution in [0.2, 0.25) is 5.02 Å². The van der Waals surface area contributed by atoms with Crippen molar-refractivity contribution in [2.24, 2.45) is 5.92 Å². The molecule has 1 fully saturated rings. The first-order valence-corrected chi connectivity index (χ1v) is 6.95. The summed E-state index contributed by atoms with van der Waals surface area (Å²) in [6.45, 7) is 0.382. The summed E-state index contributed by atoms with van der Waals surface area (Å²) in [7, 11) is 0. The number of carboxylic acids is 1. The number of aliphatic carboxylic acids is 1. The van der Waals surface area contributed by atoms with E-state index in [0.717, 1.165) is 12.0 Å². The van der Waals surface area contributed by atoms with Crippen LogP contribution in [0.25, 0.3) is 0 Å². The Hall–Kier alpha value is -1.75. The molecule has 1 aromatic carbocycles. The van der Waals surface area contributed by atoms with Crippen LogP contribution in [0.4, 0.5) is 4.79 Å². The summed E-state index contributed by atoms with van der Waals surface area (Å²) in [6.07, 6.45) is 2.17. The maximum atomic E-state index is 11.8. The predicted octanol–water partition coefficient (Wildman–Crippen LogP) is 2.39. The minimum atomic E-state index is -0.842. The minimum Gasteiger partial charge on any atom is -0.481 e. The molecule has 0 heterocycles. The first kappa shape index (κ1) is 14.7. The topological polar surface area (TPSA) is 78.4 Å². The highest BCUT2D eigenvalue weighted by molar-refractivity contribution is 6.30. The molecule has 5 nitrogen and oxygen atoms in total. The third-order valence-corrected chi connectivity index (χ3v) is 3.77. The van der Waals surface area contributed by atoms with E-state index in [1.165, 1.54) is 0 Å². The zero-order valence-corrected chi connectivity index (χ0v) is 11.7. The quantitative estimate of drug-likeness (QED) is 0.798. The number of rotatable bonds is 4. The van der Waals surface area contributed by atoms with E-state index in [1.54, 1.807) is 12.1 Å². The van der Waals surface area contributed by atoms with Crippen LogP contribution >= 0.6 is 11.6 Å². The molecule has 108 valence electrons. The van der Waals surface area contributed by atoms with Crippen molar-refractivity contribution in [1.29, 1.82) is 0 Å². The lowest BCUT2D eigenvalue weighted by molar-refractivity contribution is -0.142. The Kier molecular flexibility index (Phi) is 4.84. The number of carbonyl (C=O) groups excluding carboxylic acids is 1. The fraction of sp³-hybridized carbons (Fsp3) is 0.429. The standard InChI is InChI=1S/C14H17ClN2O3/c15-10-6-4-9(5-7-10)8-16-14(20)17-12-3-1-2-11(12)13(18)19/h4-7,11-12H,1-3,8H2,(H,18,19)(H2,16,17,20). The van der Waals surface area contributed by atoms with Crippen LogP contribution in [-0.4, -0.2) is 23.1 Å². The van der Waals surface area contributed by atoms with Crippen LogP contribution in [0.3, 0.4) is 0 Å². The van der Waals surface area contributed by atoms with Gasteiger partial charge in [-0.15, -0.1) is 0 Å². The third kappa shape index (κ3) is 3.87. The van der Waals surface area contributed by atoms with Crippen LogP contribution < -0.4 is 10.6 Å². The van der Waals surface area contributed by atoms with Crippen molar-refractivity contribution < 1.29 is 14.7 Å². The highest BCUT2D eigenvalue weighted by atomic mass is 35.5. The molecule has 20 heavy (non-hydrogen) atoms. The second-order valence-electron chi connectivity index (χ2n) is 4.94. The molecule has 3 N–H and O–H groups in total. The summed E-state index contributed by atoms with van der Waals surface area (Å²) < 4.78 is 0. The summed E-state index contributed by atoms with van der Waals surface area (Å²) in [5, 5.41) is 15.1. The number of carboxylic acid groups (broad SMARTS) is 1. The van der Waals surface area contributed by atoms with Gasteiger partial charge in [-0.25, -0.2) is 4.79 Å². The van der Waals surface area contributed by atoms with Gasteiger partial charge < -0.3 is 15.7 Å². The molecule has 1 saturated carbocycles. The normalized spacial score (nSPS) is 21.4. The molecule has 1 aliphatic carbocycles. The van der Waals surface area contributed by atoms with Gasteiger partial charge in [-0.2, -0.15) is 0 Å². The number of halogens is 1. The molecular weight excluding hydrogens is 280 g/mol. The molecule has 2 rings (SSSR count). The molecule has 1 aromatic rings. The largest absolute Gasteiger partial charge is 0.481 e. The summed E-state index contributed by atoms with van der Waals surface area (Å²) in [5.41, 5.74) is 0.936. The molecular formula is C14H17ClN2O3. The van der Waals surface area contributed by atoms with E-state index in [-0.39, 0.29) is 12.1 Å². The summed E-state index contributed by atoms with van der Waals surface area (Å²) >= 11 is 5.78. The number of benzene rings is 1. The predicted molar refractivity (Wildman–Crippen MR) is 75.6 cm³/mol. The van der Waals surface area contributed by atoms with Gasteiger partial charge in [0.25, 0.3) is 0 Å². The number of hydrogen-bond donors (Lipinski definition) is 3. The van der Waals surface area contributed by atoms with Crippen molar-refractivity contribution >= 4 is 23.6 Å². The molecule has 0 radical (unpaired) electrons. The zero-order chi connectivity index (χ0) is 14.5. The van der Waals surface area contributed by atoms with Crippen molar-refractivity contribution in [3.8, 4) is 0 Å². The molecule has 0 aliphatic heterocycles. The summed E-state index contributed by atoms with van der Waals surface area (Å²) in [6, 6.07) is 6.56. The van der Waals surface area contributed by atoms with Gasteiger partial charge in [-0.3, -0.25) is 4.79 Å². The van der Waals surface area contributed by atoms with Gasteiger partial charge in [0.15, 0.2) is 0 Å². The van der Waals surface area contributed by atoms with Crippen LogP contribution in [0.15, 0.2) is 24.3 Å². The number of hydrogen-bond acceptors (Lipinski definition) is 2. The minimum absolute atomic E-state index is 0.280. The lowest BCUT2D eigenvalue weighted by Gasteiger charge is -2.18. The van der Waals surface area contributed by atoms with Gasteiger partial charge in [0.05, 0.1) is 5.92 Å². The second-order valence-corrected chi connectivity index (χ2v) is 5.37. The van der Waals surface area contributed by atoms with E-state index in [2.05, 4.69) is 10.6 Å². The maximum absolute atomic E-state index is 11.8. The summed E-state index contributed by atoms with van der Waals surface area (Å²) in [5.74, 6) is -1.32. The lowest BCUT2D eigenvalue weighted by atomic mass is 10.0. The van der Waals surface area contributed by atoms with E-state index in [4.69, 9.17) is 16.7 Å². The van der Waals surface area contributed by atoms with Gasteiger partial charge in [0, 0.05) is 17.6 Å². The van der Waals surface area contributed by atoms with E-state index in [9.17, 15) is 9.59 Å². The Bertz CT molecular complexity index is 490. The smallest absolute Gasteiger partial charge is 0.315 e. The zero-order valence-electron chi connectivity index (χ0n) is 10.9. The molecule has 0 saturated heterocycles. The van der Waals surface area contributed by atoms with Crippen molar-refractivity contribution in [2.45, 2.75) is 31.8 Å². The molecule has 0 spiro atoms. The monoisotopic (exact) mass is 296 g/mol. The Balaban J connectivity index is 1.80. The van der Waals surface area contributed by atoms with Gasteiger partial charge in [-0.05, 0) is 30.5 Å². The fourth-order valence-corrected chi connectivity index (χ4v) is 2.56. The maximum Gasteiger partial charge on any atom is 0.315 e. The molecule has 2 amide bonds. The van der Waals surface area contributed by atoms with Crippen molar-refractivity contribution in [3.05, 3.63) is 34.9 Å². The summed E-state index contributed by atoms with van der Waals surface area (Å²) in [4.78, 5) is 22.8. The highest BCUT2D eigenvalue weighted by Crippen LogP contribution is 2.25. The van der Waals surface area contributed by atoms with E-state index < -0.39 is 11.9 Å². The van der Waals surface area contributed by atoms with Crippen LogP contribution in [-0.2, 0) is 11.3 Å². The fourth-order valence-electron chi connectivity index (χ4n) is 2.43. The first-order valence-electron chi connectivity index (χ1n) is 6.58. The molecule has 2 atom stereocenters. The van der Waals surface area contributed by atoms with Gasteiger partial charge in [0.1, 0.15) is 0 Å². The number of carbonyl (C=O) groups is 2. The first-order chi connectivity index (χ1) is 9.56. The van der Waals surface area contributed by atoms with Gasteiger partial charge >= 0.3 is 12.0 Å². The van der Waals surface area contributed by atoms with Crippen LogP contribution in [0.5, 0.6) is 0 Å².